The predicted octanol–water partition coefficient (Wildman–Crippen LogP) is 1.16. The van der Waals surface area contributed by atoms with E-state index in [1.807, 2.05) is 19.9 Å². The summed E-state index contributed by atoms with van der Waals surface area (Å²) in [6, 6.07) is 0. The minimum absolute atomic E-state index is 1.17. The highest BCUT2D eigenvalue weighted by atomic mass is 15.3. The van der Waals surface area contributed by atoms with E-state index < -0.39 is 0 Å². The molecule has 0 aliphatic heterocycles. The molecule has 0 rings (SSSR count). The zero-order chi connectivity index (χ0) is 6.41. The second kappa shape index (κ2) is 4.37. The lowest BCUT2D eigenvalue weighted by molar-refractivity contribution is 0.907. The molecule has 8 heavy (non-hydrogen) atoms. The van der Waals surface area contributed by atoms with Crippen molar-refractivity contribution in [2.75, 3.05) is 7.05 Å². The smallest absolute Gasteiger partial charge is 0.0493 e. The van der Waals surface area contributed by atoms with Gasteiger partial charge in [0.25, 0.3) is 0 Å². The Morgan fingerprint density at radius 2 is 2.25 bits per heavy atom. The van der Waals surface area contributed by atoms with Crippen molar-refractivity contribution >= 4 is 6.21 Å². The van der Waals surface area contributed by atoms with Gasteiger partial charge in [0.1, 0.15) is 0 Å². The van der Waals surface area contributed by atoms with Crippen LogP contribution in [0.1, 0.15) is 13.8 Å². The minimum Gasteiger partial charge on any atom is -0.313 e. The summed E-state index contributed by atoms with van der Waals surface area (Å²) in [4.78, 5) is 0. The molecule has 0 radical (unpaired) electrons. The van der Waals surface area contributed by atoms with Crippen molar-refractivity contribution in [3.8, 4) is 0 Å². The van der Waals surface area contributed by atoms with Gasteiger partial charge < -0.3 is 5.43 Å². The molecule has 0 aliphatic carbocycles. The normalized spacial score (nSPS) is 12.6. The maximum Gasteiger partial charge on any atom is 0.0493 e. The van der Waals surface area contributed by atoms with Gasteiger partial charge >= 0.3 is 0 Å². The van der Waals surface area contributed by atoms with Crippen molar-refractivity contribution in [3.63, 3.8) is 0 Å². The highest BCUT2D eigenvalue weighted by Crippen LogP contribution is 1.82. The molecule has 0 spiro atoms. The molecule has 0 aromatic carbocycles. The van der Waals surface area contributed by atoms with E-state index in [0.717, 1.165) is 0 Å². The summed E-state index contributed by atoms with van der Waals surface area (Å²) >= 11 is 0. The first-order valence-electron chi connectivity index (χ1n) is 2.64. The van der Waals surface area contributed by atoms with Crippen molar-refractivity contribution in [1.29, 1.82) is 0 Å². The number of hydrazone groups is 1. The van der Waals surface area contributed by atoms with Crippen LogP contribution in [0.4, 0.5) is 0 Å². The molecular formula is C6H12N2. The molecule has 0 fully saturated rings. The fourth-order valence-electron chi connectivity index (χ4n) is 0.241. The van der Waals surface area contributed by atoms with Crippen LogP contribution in [-0.2, 0) is 0 Å². The molecule has 0 amide bonds. The summed E-state index contributed by atoms with van der Waals surface area (Å²) in [5.41, 5.74) is 3.83. The van der Waals surface area contributed by atoms with Gasteiger partial charge in [-0.1, -0.05) is 6.08 Å². The summed E-state index contributed by atoms with van der Waals surface area (Å²) in [5, 5.41) is 3.80. The Kier molecular flexibility index (Phi) is 3.94. The second-order valence-electron chi connectivity index (χ2n) is 1.51. The second-order valence-corrected chi connectivity index (χ2v) is 1.51. The van der Waals surface area contributed by atoms with Crippen LogP contribution in [0.15, 0.2) is 16.8 Å². The van der Waals surface area contributed by atoms with Gasteiger partial charge in [-0.05, 0) is 19.4 Å². The van der Waals surface area contributed by atoms with Crippen molar-refractivity contribution in [2.24, 2.45) is 5.10 Å². The summed E-state index contributed by atoms with van der Waals surface area (Å²) in [7, 11) is 1.78. The summed E-state index contributed by atoms with van der Waals surface area (Å²) in [5.74, 6) is 0. The van der Waals surface area contributed by atoms with Gasteiger partial charge in [0.2, 0.25) is 0 Å². The third-order valence-corrected chi connectivity index (χ3v) is 0.853. The molecule has 0 saturated heterocycles. The van der Waals surface area contributed by atoms with E-state index in [2.05, 4.69) is 10.5 Å². The van der Waals surface area contributed by atoms with Crippen LogP contribution in [0, 0.1) is 0 Å². The van der Waals surface area contributed by atoms with E-state index in [1.54, 1.807) is 13.3 Å². The van der Waals surface area contributed by atoms with E-state index in [9.17, 15) is 0 Å². The predicted molar refractivity (Wildman–Crippen MR) is 37.0 cm³/mol. The first-order chi connectivity index (χ1) is 3.81. The zero-order valence-corrected chi connectivity index (χ0v) is 5.60. The maximum atomic E-state index is 3.80. The van der Waals surface area contributed by atoms with E-state index in [-0.39, 0.29) is 0 Å². The van der Waals surface area contributed by atoms with Gasteiger partial charge in [0, 0.05) is 13.3 Å². The first kappa shape index (κ1) is 7.21. The fourth-order valence-corrected chi connectivity index (χ4v) is 0.241. The van der Waals surface area contributed by atoms with Crippen molar-refractivity contribution in [3.05, 3.63) is 11.6 Å². The summed E-state index contributed by atoms with van der Waals surface area (Å²) < 4.78 is 0. The van der Waals surface area contributed by atoms with E-state index in [0.29, 0.717) is 0 Å². The number of hydrogen-bond donors (Lipinski definition) is 1. The molecule has 0 unspecified atom stereocenters. The van der Waals surface area contributed by atoms with Crippen LogP contribution in [-0.4, -0.2) is 13.3 Å². The SMILES string of the molecule is CC=C(C)C=NNC. The van der Waals surface area contributed by atoms with Gasteiger partial charge in [0.15, 0.2) is 0 Å². The highest BCUT2D eigenvalue weighted by Gasteiger charge is 1.73. The average Bonchev–Trinajstić information content (AvgIpc) is 1.83. The Balaban J connectivity index is 3.53. The lowest BCUT2D eigenvalue weighted by atomic mass is 10.3. The Hall–Kier alpha value is -0.790. The van der Waals surface area contributed by atoms with Crippen LogP contribution in [0.2, 0.25) is 0 Å². The zero-order valence-electron chi connectivity index (χ0n) is 5.60. The fraction of sp³-hybridized carbons (Fsp3) is 0.500. The summed E-state index contributed by atoms with van der Waals surface area (Å²) in [6.45, 7) is 3.98. The van der Waals surface area contributed by atoms with Gasteiger partial charge in [-0.3, -0.25) is 0 Å². The number of nitrogens with zero attached hydrogens (tertiary/aromatic N) is 1. The standard InChI is InChI=1S/C6H12N2/c1-4-6(2)5-8-7-3/h4-5,7H,1-3H3. The van der Waals surface area contributed by atoms with Crippen molar-refractivity contribution in [2.45, 2.75) is 13.8 Å². The Bertz CT molecular complexity index is 103. The van der Waals surface area contributed by atoms with Gasteiger partial charge in [-0.25, -0.2) is 0 Å². The van der Waals surface area contributed by atoms with Crippen LogP contribution in [0.5, 0.6) is 0 Å². The number of hydrogen-bond acceptors (Lipinski definition) is 2. The van der Waals surface area contributed by atoms with E-state index >= 15 is 0 Å². The van der Waals surface area contributed by atoms with Crippen molar-refractivity contribution in [1.82, 2.24) is 5.43 Å². The topological polar surface area (TPSA) is 24.4 Å². The lowest BCUT2D eigenvalue weighted by Crippen LogP contribution is -1.93. The molecule has 2 heteroatoms. The molecule has 0 aromatic heterocycles. The van der Waals surface area contributed by atoms with Crippen molar-refractivity contribution < 1.29 is 0 Å². The highest BCUT2D eigenvalue weighted by molar-refractivity contribution is 5.77. The Morgan fingerprint density at radius 3 is 2.62 bits per heavy atom. The quantitative estimate of drug-likeness (QED) is 0.420. The monoisotopic (exact) mass is 112 g/mol. The molecule has 0 saturated carbocycles. The van der Waals surface area contributed by atoms with Gasteiger partial charge in [-0.2, -0.15) is 5.10 Å². The summed E-state index contributed by atoms with van der Waals surface area (Å²) in [6.07, 6.45) is 3.78. The maximum absolute atomic E-state index is 3.80. The molecule has 0 aromatic rings. The Labute approximate surface area is 50.3 Å². The molecular weight excluding hydrogens is 100 g/mol. The van der Waals surface area contributed by atoms with Crippen LogP contribution in [0.25, 0.3) is 0 Å². The number of allylic oxidation sites excluding steroid dienone is 2. The lowest BCUT2D eigenvalue weighted by Gasteiger charge is -1.85. The van der Waals surface area contributed by atoms with Crippen LogP contribution < -0.4 is 5.43 Å². The van der Waals surface area contributed by atoms with Gasteiger partial charge in [0.05, 0.1) is 0 Å². The molecule has 0 bridgehead atoms. The molecule has 2 nitrogen and oxygen atoms in total. The third-order valence-electron chi connectivity index (χ3n) is 0.853. The third kappa shape index (κ3) is 3.40. The largest absolute Gasteiger partial charge is 0.313 e. The van der Waals surface area contributed by atoms with Crippen LogP contribution >= 0.6 is 0 Å². The molecule has 0 aliphatic rings. The molecule has 1 N–H and O–H groups in total. The average molecular weight is 112 g/mol. The first-order valence-corrected chi connectivity index (χ1v) is 2.64. The molecule has 0 atom stereocenters. The van der Waals surface area contributed by atoms with Gasteiger partial charge in [-0.15, -0.1) is 0 Å². The Morgan fingerprint density at radius 1 is 1.62 bits per heavy atom. The minimum atomic E-state index is 1.17. The van der Waals surface area contributed by atoms with E-state index in [1.165, 1.54) is 5.57 Å². The van der Waals surface area contributed by atoms with E-state index in [4.69, 9.17) is 0 Å². The number of rotatable bonds is 2. The number of nitrogens with one attached hydrogen (secondary N) is 1. The van der Waals surface area contributed by atoms with Crippen LogP contribution in [0.3, 0.4) is 0 Å². The molecule has 0 heterocycles. The molecule has 46 valence electrons.